The van der Waals surface area contributed by atoms with Crippen molar-refractivity contribution in [3.63, 3.8) is 0 Å². The molecule has 2 N–H and O–H groups in total. The van der Waals surface area contributed by atoms with Crippen LogP contribution in [0.1, 0.15) is 63.2 Å². The predicted octanol–water partition coefficient (Wildman–Crippen LogP) is 3.83. The van der Waals surface area contributed by atoms with Crippen molar-refractivity contribution in [2.75, 3.05) is 39.3 Å². The summed E-state index contributed by atoms with van der Waals surface area (Å²) >= 11 is 0. The van der Waals surface area contributed by atoms with Crippen molar-refractivity contribution in [1.82, 2.24) is 15.5 Å². The van der Waals surface area contributed by atoms with Crippen LogP contribution in [-0.4, -0.2) is 61.8 Å². The van der Waals surface area contributed by atoms with E-state index in [-0.39, 0.29) is 17.4 Å². The quantitative estimate of drug-likeness (QED) is 0.706. The maximum Gasteiger partial charge on any atom is 0.410 e. The largest absolute Gasteiger partial charge is 0.492 e. The molecule has 7 nitrogen and oxygen atoms in total. The molecular formula is C26H39N3O4. The smallest absolute Gasteiger partial charge is 0.410 e. The van der Waals surface area contributed by atoms with Gasteiger partial charge in [-0.2, -0.15) is 0 Å². The number of carbonyl (C=O) groups excluding carboxylic acids is 2. The van der Waals surface area contributed by atoms with Crippen molar-refractivity contribution in [2.45, 2.75) is 58.5 Å². The standard InChI is InChI=1S/C26H39N3O4/c1-25(2,3)33-24(31)29-12-8-19(9-13-29)14-20-15-27-17-26(10-11-26)18-32-22-7-5-4-6-21(22)23(30)28-16-20/h4-7,19-20,27H,8-18H2,1-3H3,(H,28,30). The van der Waals surface area contributed by atoms with Gasteiger partial charge in [-0.05, 0) is 83.4 Å². The van der Waals surface area contributed by atoms with E-state index in [0.29, 0.717) is 36.3 Å². The van der Waals surface area contributed by atoms with Gasteiger partial charge in [0.25, 0.3) is 5.91 Å². The van der Waals surface area contributed by atoms with Gasteiger partial charge < -0.3 is 25.0 Å². The number of para-hydroxylation sites is 1. The van der Waals surface area contributed by atoms with Crippen LogP contribution in [0.15, 0.2) is 24.3 Å². The first kappa shape index (κ1) is 23.9. The molecule has 182 valence electrons. The number of nitrogens with one attached hydrogen (secondary N) is 2. The van der Waals surface area contributed by atoms with Crippen LogP contribution >= 0.6 is 0 Å². The molecule has 7 heteroatoms. The molecule has 0 bridgehead atoms. The molecule has 3 aliphatic rings. The van der Waals surface area contributed by atoms with E-state index in [0.717, 1.165) is 45.4 Å². The topological polar surface area (TPSA) is 79.9 Å². The molecule has 2 heterocycles. The molecule has 1 unspecified atom stereocenters. The van der Waals surface area contributed by atoms with Gasteiger partial charge in [0, 0.05) is 31.6 Å². The molecule has 2 aliphatic heterocycles. The first-order chi connectivity index (χ1) is 15.7. The van der Waals surface area contributed by atoms with Gasteiger partial charge in [0.1, 0.15) is 11.4 Å². The minimum atomic E-state index is -0.464. The summed E-state index contributed by atoms with van der Waals surface area (Å²) in [5.74, 6) is 1.51. The zero-order valence-electron chi connectivity index (χ0n) is 20.3. The number of amides is 2. The van der Waals surface area contributed by atoms with Crippen LogP contribution < -0.4 is 15.4 Å². The van der Waals surface area contributed by atoms with Gasteiger partial charge in [-0.25, -0.2) is 4.79 Å². The summed E-state index contributed by atoms with van der Waals surface area (Å²) in [6, 6.07) is 7.54. The SMILES string of the molecule is CC(C)(C)OC(=O)N1CCC(CC2CNCC3(CC3)COc3ccccc3C(=O)NC2)CC1. The van der Waals surface area contributed by atoms with Crippen molar-refractivity contribution < 1.29 is 19.1 Å². The number of fused-ring (bicyclic) bond motifs is 1. The second-order valence-corrected chi connectivity index (χ2v) is 11.1. The number of carbonyl (C=O) groups is 2. The molecule has 1 aliphatic carbocycles. The Hall–Kier alpha value is -2.28. The van der Waals surface area contributed by atoms with E-state index in [1.54, 1.807) is 0 Å². The Morgan fingerprint density at radius 2 is 1.88 bits per heavy atom. The molecule has 33 heavy (non-hydrogen) atoms. The molecule has 2 amide bonds. The van der Waals surface area contributed by atoms with Gasteiger partial charge in [-0.15, -0.1) is 0 Å². The van der Waals surface area contributed by atoms with Gasteiger partial charge in [-0.3, -0.25) is 4.79 Å². The summed E-state index contributed by atoms with van der Waals surface area (Å²) in [5.41, 5.74) is 0.353. The second kappa shape index (κ2) is 9.92. The van der Waals surface area contributed by atoms with Crippen LogP contribution in [0.3, 0.4) is 0 Å². The number of likely N-dealkylation sites (tertiary alicyclic amines) is 1. The fourth-order valence-electron chi connectivity index (χ4n) is 4.82. The molecule has 4 rings (SSSR count). The predicted molar refractivity (Wildman–Crippen MR) is 127 cm³/mol. The van der Waals surface area contributed by atoms with Crippen molar-refractivity contribution in [3.8, 4) is 5.75 Å². The number of hydrogen-bond acceptors (Lipinski definition) is 5. The van der Waals surface area contributed by atoms with Crippen LogP contribution in [0.4, 0.5) is 4.79 Å². The van der Waals surface area contributed by atoms with E-state index >= 15 is 0 Å². The van der Waals surface area contributed by atoms with Gasteiger partial charge in [0.05, 0.1) is 12.2 Å². The Bertz CT molecular complexity index is 838. The number of hydrogen-bond donors (Lipinski definition) is 2. The molecule has 1 saturated heterocycles. The van der Waals surface area contributed by atoms with Crippen LogP contribution in [0.2, 0.25) is 0 Å². The van der Waals surface area contributed by atoms with E-state index in [9.17, 15) is 9.59 Å². The minimum Gasteiger partial charge on any atom is -0.492 e. The molecule has 1 saturated carbocycles. The Labute approximate surface area is 197 Å². The molecule has 1 atom stereocenters. The number of rotatable bonds is 2. The molecular weight excluding hydrogens is 418 g/mol. The molecule has 1 spiro atoms. The first-order valence-corrected chi connectivity index (χ1v) is 12.4. The highest BCUT2D eigenvalue weighted by Crippen LogP contribution is 2.45. The maximum atomic E-state index is 12.9. The van der Waals surface area contributed by atoms with Crippen molar-refractivity contribution in [1.29, 1.82) is 0 Å². The highest BCUT2D eigenvalue weighted by molar-refractivity contribution is 5.96. The zero-order chi connectivity index (χ0) is 23.5. The fraction of sp³-hybridized carbons (Fsp3) is 0.692. The van der Waals surface area contributed by atoms with Gasteiger partial charge in [0.2, 0.25) is 0 Å². The van der Waals surface area contributed by atoms with Crippen molar-refractivity contribution in [2.24, 2.45) is 17.3 Å². The van der Waals surface area contributed by atoms with Crippen LogP contribution in [0.5, 0.6) is 5.75 Å². The third-order valence-corrected chi connectivity index (χ3v) is 7.04. The van der Waals surface area contributed by atoms with Crippen molar-refractivity contribution >= 4 is 12.0 Å². The summed E-state index contributed by atoms with van der Waals surface area (Å²) in [5, 5.41) is 6.81. The summed E-state index contributed by atoms with van der Waals surface area (Å²) in [6.45, 7) is 10.3. The normalized spacial score (nSPS) is 24.0. The lowest BCUT2D eigenvalue weighted by Crippen LogP contribution is -2.43. The number of piperidine rings is 1. The number of nitrogens with zero attached hydrogens (tertiary/aromatic N) is 1. The van der Waals surface area contributed by atoms with Crippen LogP contribution in [-0.2, 0) is 4.74 Å². The van der Waals surface area contributed by atoms with E-state index in [1.807, 2.05) is 49.9 Å². The van der Waals surface area contributed by atoms with Gasteiger partial charge in [0.15, 0.2) is 0 Å². The van der Waals surface area contributed by atoms with E-state index < -0.39 is 5.60 Å². The Balaban J connectivity index is 1.34. The Morgan fingerprint density at radius 1 is 1.15 bits per heavy atom. The number of ether oxygens (including phenoxy) is 2. The summed E-state index contributed by atoms with van der Waals surface area (Å²) in [7, 11) is 0. The molecule has 1 aromatic rings. The van der Waals surface area contributed by atoms with E-state index in [1.165, 1.54) is 12.8 Å². The lowest BCUT2D eigenvalue weighted by molar-refractivity contribution is 0.0175. The van der Waals surface area contributed by atoms with Gasteiger partial charge >= 0.3 is 6.09 Å². The second-order valence-electron chi connectivity index (χ2n) is 11.1. The molecule has 0 radical (unpaired) electrons. The minimum absolute atomic E-state index is 0.0687. The van der Waals surface area contributed by atoms with E-state index in [4.69, 9.17) is 9.47 Å². The molecule has 1 aromatic carbocycles. The third kappa shape index (κ3) is 6.62. The Morgan fingerprint density at radius 3 is 2.58 bits per heavy atom. The fourth-order valence-corrected chi connectivity index (χ4v) is 4.82. The van der Waals surface area contributed by atoms with Crippen molar-refractivity contribution in [3.05, 3.63) is 29.8 Å². The highest BCUT2D eigenvalue weighted by atomic mass is 16.6. The summed E-state index contributed by atoms with van der Waals surface area (Å²) < 4.78 is 11.6. The molecule has 2 fully saturated rings. The van der Waals surface area contributed by atoms with E-state index in [2.05, 4.69) is 10.6 Å². The summed E-state index contributed by atoms with van der Waals surface area (Å²) in [6.07, 6.45) is 5.12. The highest BCUT2D eigenvalue weighted by Gasteiger charge is 2.43. The third-order valence-electron chi connectivity index (χ3n) is 7.04. The molecule has 0 aromatic heterocycles. The number of benzene rings is 1. The Kier molecular flexibility index (Phi) is 7.17. The van der Waals surface area contributed by atoms with Crippen LogP contribution in [0, 0.1) is 17.3 Å². The monoisotopic (exact) mass is 457 g/mol. The zero-order valence-corrected chi connectivity index (χ0v) is 20.3. The lowest BCUT2D eigenvalue weighted by atomic mass is 9.87. The average Bonchev–Trinajstić information content (AvgIpc) is 3.54. The lowest BCUT2D eigenvalue weighted by Gasteiger charge is -2.35. The maximum absolute atomic E-state index is 12.9. The first-order valence-electron chi connectivity index (χ1n) is 12.4. The van der Waals surface area contributed by atoms with Gasteiger partial charge in [-0.1, -0.05) is 12.1 Å². The average molecular weight is 458 g/mol. The summed E-state index contributed by atoms with van der Waals surface area (Å²) in [4.78, 5) is 27.1. The van der Waals surface area contributed by atoms with Crippen LogP contribution in [0.25, 0.3) is 0 Å².